The van der Waals surface area contributed by atoms with E-state index in [0.29, 0.717) is 17.1 Å². The van der Waals surface area contributed by atoms with Crippen LogP contribution in [0.15, 0.2) is 42.5 Å². The minimum Gasteiger partial charge on any atom is -0.488 e. The van der Waals surface area contributed by atoms with Gasteiger partial charge in [0.15, 0.2) is 0 Å². The molecule has 0 saturated carbocycles. The minimum atomic E-state index is -0.248. The van der Waals surface area contributed by atoms with E-state index in [1.54, 1.807) is 18.2 Å². The Labute approximate surface area is 210 Å². The minimum absolute atomic E-state index is 0. The summed E-state index contributed by atoms with van der Waals surface area (Å²) in [5.41, 5.74) is 1.54. The molecule has 2 aromatic carbocycles. The lowest BCUT2D eigenvalue weighted by Crippen LogP contribution is -2.29. The third-order valence-corrected chi connectivity index (χ3v) is 5.40. The van der Waals surface area contributed by atoms with Gasteiger partial charge in [-0.25, -0.2) is 4.39 Å². The number of halogens is 4. The molecular formula is C25H38Cl3FN2O. The van der Waals surface area contributed by atoms with Gasteiger partial charge in [0.05, 0.1) is 0 Å². The average molecular weight is 508 g/mol. The Bertz CT molecular complexity index is 741. The van der Waals surface area contributed by atoms with E-state index in [4.69, 9.17) is 16.3 Å². The van der Waals surface area contributed by atoms with E-state index in [1.807, 2.05) is 18.2 Å². The van der Waals surface area contributed by atoms with Crippen LogP contribution in [0.1, 0.15) is 57.1 Å². The number of hydrogen-bond donors (Lipinski definition) is 1. The maximum absolute atomic E-state index is 13.8. The zero-order valence-corrected chi connectivity index (χ0v) is 21.6. The van der Waals surface area contributed by atoms with Gasteiger partial charge in [-0.15, -0.1) is 24.8 Å². The van der Waals surface area contributed by atoms with Crippen molar-refractivity contribution in [1.29, 1.82) is 0 Å². The first-order chi connectivity index (χ1) is 14.6. The summed E-state index contributed by atoms with van der Waals surface area (Å²) >= 11 is 6.19. The number of nitrogens with one attached hydrogen (secondary N) is 1. The van der Waals surface area contributed by atoms with Gasteiger partial charge in [0, 0.05) is 22.7 Å². The molecule has 0 aliphatic carbocycles. The van der Waals surface area contributed by atoms with Crippen LogP contribution in [-0.2, 0) is 13.2 Å². The molecule has 0 heterocycles. The fourth-order valence-corrected chi connectivity index (χ4v) is 3.54. The topological polar surface area (TPSA) is 24.5 Å². The van der Waals surface area contributed by atoms with Gasteiger partial charge in [0.2, 0.25) is 0 Å². The molecule has 2 aromatic rings. The van der Waals surface area contributed by atoms with Crippen molar-refractivity contribution >= 4 is 36.4 Å². The summed E-state index contributed by atoms with van der Waals surface area (Å²) in [6.45, 7) is 9.82. The van der Waals surface area contributed by atoms with Crippen molar-refractivity contribution < 1.29 is 9.13 Å². The summed E-state index contributed by atoms with van der Waals surface area (Å²) in [6.07, 6.45) is 6.13. The van der Waals surface area contributed by atoms with E-state index >= 15 is 0 Å². The standard InChI is InChI=1S/C25H36ClFN2O.2ClH/c1-3-5-15-29(16-6-4-2)17-9-14-28-19-22-18-23(26)12-13-25(22)30-20-21-10-7-8-11-24(21)27;;/h7-8,10-13,18,28H,3-6,9,14-17,19-20H2,1-2H3;2*1H. The summed E-state index contributed by atoms with van der Waals surface area (Å²) in [7, 11) is 0. The molecule has 0 amide bonds. The van der Waals surface area contributed by atoms with E-state index in [9.17, 15) is 4.39 Å². The summed E-state index contributed by atoms with van der Waals surface area (Å²) < 4.78 is 19.7. The van der Waals surface area contributed by atoms with Crippen molar-refractivity contribution in [3.8, 4) is 5.75 Å². The summed E-state index contributed by atoms with van der Waals surface area (Å²) in [6, 6.07) is 12.3. The highest BCUT2D eigenvalue weighted by Gasteiger charge is 2.08. The van der Waals surface area contributed by atoms with Crippen LogP contribution in [0.25, 0.3) is 0 Å². The predicted molar refractivity (Wildman–Crippen MR) is 139 cm³/mol. The van der Waals surface area contributed by atoms with Crippen LogP contribution in [0.3, 0.4) is 0 Å². The number of nitrogens with zero attached hydrogens (tertiary/aromatic N) is 1. The highest BCUT2D eigenvalue weighted by molar-refractivity contribution is 6.30. The molecule has 0 atom stereocenters. The van der Waals surface area contributed by atoms with Crippen molar-refractivity contribution in [3.05, 3.63) is 64.4 Å². The van der Waals surface area contributed by atoms with E-state index < -0.39 is 0 Å². The second-order valence-corrected chi connectivity index (χ2v) is 8.15. The Morgan fingerprint density at radius 2 is 1.56 bits per heavy atom. The Balaban J connectivity index is 0.00000480. The van der Waals surface area contributed by atoms with Gasteiger partial charge in [0.1, 0.15) is 18.2 Å². The van der Waals surface area contributed by atoms with Crippen molar-refractivity contribution in [1.82, 2.24) is 10.2 Å². The van der Waals surface area contributed by atoms with Gasteiger partial charge in [-0.05, 0) is 69.7 Å². The maximum atomic E-state index is 13.8. The van der Waals surface area contributed by atoms with E-state index in [0.717, 1.165) is 30.8 Å². The van der Waals surface area contributed by atoms with Crippen LogP contribution < -0.4 is 10.1 Å². The Hall–Kier alpha value is -1.04. The van der Waals surface area contributed by atoms with Crippen molar-refractivity contribution in [2.45, 2.75) is 59.1 Å². The highest BCUT2D eigenvalue weighted by Crippen LogP contribution is 2.24. The number of ether oxygens (including phenoxy) is 1. The molecule has 0 aliphatic rings. The van der Waals surface area contributed by atoms with Gasteiger partial charge in [-0.2, -0.15) is 0 Å². The van der Waals surface area contributed by atoms with Crippen LogP contribution in [-0.4, -0.2) is 31.1 Å². The van der Waals surface area contributed by atoms with Crippen LogP contribution in [0.5, 0.6) is 5.75 Å². The SMILES string of the molecule is CCCCN(CCCC)CCCNCc1cc(Cl)ccc1OCc1ccccc1F.Cl.Cl. The molecule has 0 unspecified atom stereocenters. The van der Waals surface area contributed by atoms with Crippen LogP contribution in [0, 0.1) is 5.82 Å². The Morgan fingerprint density at radius 1 is 0.906 bits per heavy atom. The number of rotatable bonds is 15. The molecule has 1 N–H and O–H groups in total. The average Bonchev–Trinajstić information content (AvgIpc) is 2.75. The zero-order valence-electron chi connectivity index (χ0n) is 19.2. The summed E-state index contributed by atoms with van der Waals surface area (Å²) in [4.78, 5) is 2.58. The van der Waals surface area contributed by atoms with Crippen molar-refractivity contribution in [2.24, 2.45) is 0 Å². The Kier molecular flexibility index (Phi) is 17.8. The zero-order chi connectivity index (χ0) is 21.6. The molecule has 0 radical (unpaired) electrons. The molecule has 0 spiro atoms. The normalized spacial score (nSPS) is 10.5. The molecule has 0 aliphatic heterocycles. The molecule has 7 heteroatoms. The second-order valence-electron chi connectivity index (χ2n) is 7.71. The lowest BCUT2D eigenvalue weighted by molar-refractivity contribution is 0.260. The molecule has 0 saturated heterocycles. The van der Waals surface area contributed by atoms with Gasteiger partial charge in [-0.3, -0.25) is 0 Å². The first-order valence-electron chi connectivity index (χ1n) is 11.2. The predicted octanol–water partition coefficient (Wildman–Crippen LogP) is 7.28. The summed E-state index contributed by atoms with van der Waals surface area (Å²) in [5, 5.41) is 4.18. The molecule has 32 heavy (non-hydrogen) atoms. The van der Waals surface area contributed by atoms with Crippen molar-refractivity contribution in [3.63, 3.8) is 0 Å². The molecule has 0 aromatic heterocycles. The lowest BCUT2D eigenvalue weighted by atomic mass is 10.2. The lowest BCUT2D eigenvalue weighted by Gasteiger charge is -2.22. The molecule has 2 rings (SSSR count). The monoisotopic (exact) mass is 506 g/mol. The summed E-state index contributed by atoms with van der Waals surface area (Å²) in [5.74, 6) is 0.490. The molecule has 0 bridgehead atoms. The first-order valence-corrected chi connectivity index (χ1v) is 11.6. The molecule has 0 fully saturated rings. The first kappa shape index (κ1) is 31.0. The quantitative estimate of drug-likeness (QED) is 0.256. The Morgan fingerprint density at radius 3 is 2.22 bits per heavy atom. The number of unbranched alkanes of at least 4 members (excludes halogenated alkanes) is 2. The van der Waals surface area contributed by atoms with Gasteiger partial charge in [0.25, 0.3) is 0 Å². The third-order valence-electron chi connectivity index (χ3n) is 5.16. The molecule has 3 nitrogen and oxygen atoms in total. The van der Waals surface area contributed by atoms with E-state index in [-0.39, 0.29) is 37.2 Å². The smallest absolute Gasteiger partial charge is 0.129 e. The third kappa shape index (κ3) is 11.7. The fraction of sp³-hybridized carbons (Fsp3) is 0.520. The van der Waals surface area contributed by atoms with Crippen LogP contribution in [0.4, 0.5) is 4.39 Å². The molecule has 182 valence electrons. The van der Waals surface area contributed by atoms with Crippen molar-refractivity contribution in [2.75, 3.05) is 26.2 Å². The number of benzene rings is 2. The highest BCUT2D eigenvalue weighted by atomic mass is 35.5. The molecular weight excluding hydrogens is 470 g/mol. The van der Waals surface area contributed by atoms with Gasteiger partial charge >= 0.3 is 0 Å². The van der Waals surface area contributed by atoms with Crippen LogP contribution >= 0.6 is 36.4 Å². The fourth-order valence-electron chi connectivity index (χ4n) is 3.35. The largest absolute Gasteiger partial charge is 0.488 e. The van der Waals surface area contributed by atoms with Gasteiger partial charge < -0.3 is 15.0 Å². The second kappa shape index (κ2) is 18.4. The van der Waals surface area contributed by atoms with Crippen LogP contribution in [0.2, 0.25) is 5.02 Å². The van der Waals surface area contributed by atoms with E-state index in [1.165, 1.54) is 44.8 Å². The maximum Gasteiger partial charge on any atom is 0.129 e. The van der Waals surface area contributed by atoms with E-state index in [2.05, 4.69) is 24.1 Å². The number of hydrogen-bond acceptors (Lipinski definition) is 3. The van der Waals surface area contributed by atoms with Gasteiger partial charge in [-0.1, -0.05) is 56.5 Å².